The van der Waals surface area contributed by atoms with E-state index < -0.39 is 5.63 Å². The quantitative estimate of drug-likeness (QED) is 0.830. The molecule has 0 saturated carbocycles. The number of benzene rings is 1. The van der Waals surface area contributed by atoms with Crippen molar-refractivity contribution < 1.29 is 18.6 Å². The molecular weight excluding hydrogens is 236 g/mol. The van der Waals surface area contributed by atoms with Crippen LogP contribution in [0.1, 0.15) is 5.56 Å². The van der Waals surface area contributed by atoms with Crippen molar-refractivity contribution in [3.63, 3.8) is 0 Å². The molecule has 1 aromatic carbocycles. The minimum absolute atomic E-state index is 0.336. The summed E-state index contributed by atoms with van der Waals surface area (Å²) in [6.07, 6.45) is 1.39. The lowest BCUT2D eigenvalue weighted by atomic mass is 10.1. The van der Waals surface area contributed by atoms with E-state index in [0.29, 0.717) is 28.9 Å². The lowest BCUT2D eigenvalue weighted by molar-refractivity contribution is 0.183. The molecule has 0 N–H and O–H groups in total. The number of methoxy groups -OCH3 is 3. The summed E-state index contributed by atoms with van der Waals surface area (Å²) in [5.74, 6) is 1.10. The first-order valence-corrected chi connectivity index (χ1v) is 5.36. The van der Waals surface area contributed by atoms with Gasteiger partial charge in [-0.05, 0) is 6.07 Å². The van der Waals surface area contributed by atoms with E-state index in [1.165, 1.54) is 13.4 Å². The molecule has 0 radical (unpaired) electrons. The van der Waals surface area contributed by atoms with Gasteiger partial charge in [-0.15, -0.1) is 0 Å². The number of hydrogen-bond donors (Lipinski definition) is 0. The molecule has 96 valence electrons. The maximum atomic E-state index is 11.8. The Bertz CT molecular complexity index is 615. The fraction of sp³-hybridized carbons (Fsp3) is 0.308. The van der Waals surface area contributed by atoms with Crippen LogP contribution in [0.15, 0.2) is 27.6 Å². The van der Waals surface area contributed by atoms with Gasteiger partial charge in [0, 0.05) is 24.1 Å². The smallest absolute Gasteiger partial charge is 0.343 e. The second-order valence-corrected chi connectivity index (χ2v) is 3.73. The van der Waals surface area contributed by atoms with Crippen LogP contribution in [-0.4, -0.2) is 21.3 Å². The van der Waals surface area contributed by atoms with Gasteiger partial charge in [-0.3, -0.25) is 0 Å². The van der Waals surface area contributed by atoms with E-state index in [1.54, 1.807) is 26.4 Å². The normalized spacial score (nSPS) is 10.6. The van der Waals surface area contributed by atoms with Crippen molar-refractivity contribution in [2.75, 3.05) is 21.3 Å². The van der Waals surface area contributed by atoms with Crippen molar-refractivity contribution in [2.24, 2.45) is 0 Å². The van der Waals surface area contributed by atoms with Gasteiger partial charge in [0.2, 0.25) is 0 Å². The molecule has 5 nitrogen and oxygen atoms in total. The van der Waals surface area contributed by atoms with Crippen LogP contribution in [0.25, 0.3) is 10.8 Å². The second kappa shape index (κ2) is 5.10. The minimum atomic E-state index is -0.429. The van der Waals surface area contributed by atoms with Gasteiger partial charge in [0.15, 0.2) is 0 Å². The van der Waals surface area contributed by atoms with Crippen molar-refractivity contribution in [3.05, 3.63) is 34.4 Å². The SMILES string of the molecule is COCc1coc(=O)c2cc(OC)cc(OC)c12. The van der Waals surface area contributed by atoms with Gasteiger partial charge in [-0.2, -0.15) is 0 Å². The summed E-state index contributed by atoms with van der Waals surface area (Å²) >= 11 is 0. The summed E-state index contributed by atoms with van der Waals surface area (Å²) in [4.78, 5) is 11.8. The standard InChI is InChI=1S/C13H14O5/c1-15-6-8-7-18-13(14)10-4-9(16-2)5-11(17-3)12(8)10/h4-5,7H,6H2,1-3H3. The lowest BCUT2D eigenvalue weighted by Gasteiger charge is -2.11. The summed E-state index contributed by atoms with van der Waals surface area (Å²) in [7, 11) is 4.65. The van der Waals surface area contributed by atoms with Gasteiger partial charge in [0.05, 0.1) is 26.2 Å². The molecule has 2 aromatic rings. The summed E-state index contributed by atoms with van der Waals surface area (Å²) < 4.78 is 20.5. The van der Waals surface area contributed by atoms with Gasteiger partial charge in [-0.1, -0.05) is 0 Å². The van der Waals surface area contributed by atoms with Crippen LogP contribution in [0.2, 0.25) is 0 Å². The zero-order valence-corrected chi connectivity index (χ0v) is 10.5. The molecular formula is C13H14O5. The molecule has 0 aliphatic heterocycles. The predicted octanol–water partition coefficient (Wildman–Crippen LogP) is 1.96. The van der Waals surface area contributed by atoms with Crippen LogP contribution in [-0.2, 0) is 11.3 Å². The summed E-state index contributed by atoms with van der Waals surface area (Å²) in [6, 6.07) is 3.35. The predicted molar refractivity (Wildman–Crippen MR) is 66.3 cm³/mol. The minimum Gasteiger partial charge on any atom is -0.497 e. The van der Waals surface area contributed by atoms with Crippen LogP contribution in [0.4, 0.5) is 0 Å². The molecule has 0 amide bonds. The molecule has 0 fully saturated rings. The highest BCUT2D eigenvalue weighted by atomic mass is 16.5. The second-order valence-electron chi connectivity index (χ2n) is 3.73. The molecule has 0 aliphatic carbocycles. The molecule has 0 atom stereocenters. The maximum absolute atomic E-state index is 11.8. The summed E-state index contributed by atoms with van der Waals surface area (Å²) in [5.41, 5.74) is 0.327. The maximum Gasteiger partial charge on any atom is 0.343 e. The van der Waals surface area contributed by atoms with Gasteiger partial charge < -0.3 is 18.6 Å². The van der Waals surface area contributed by atoms with Gasteiger partial charge >= 0.3 is 5.63 Å². The number of fused-ring (bicyclic) bond motifs is 1. The van der Waals surface area contributed by atoms with E-state index in [9.17, 15) is 4.79 Å². The summed E-state index contributed by atoms with van der Waals surface area (Å²) in [5, 5.41) is 1.11. The van der Waals surface area contributed by atoms with Gasteiger partial charge in [-0.25, -0.2) is 4.79 Å². The number of hydrogen-bond acceptors (Lipinski definition) is 5. The molecule has 2 rings (SSSR count). The highest BCUT2D eigenvalue weighted by Gasteiger charge is 2.13. The Labute approximate surface area is 104 Å². The van der Waals surface area contributed by atoms with E-state index in [2.05, 4.69) is 0 Å². The Morgan fingerprint density at radius 2 is 1.94 bits per heavy atom. The summed E-state index contributed by atoms with van der Waals surface area (Å²) in [6.45, 7) is 0.336. The Kier molecular flexibility index (Phi) is 3.53. The van der Waals surface area contributed by atoms with Crippen LogP contribution >= 0.6 is 0 Å². The fourth-order valence-corrected chi connectivity index (χ4v) is 1.87. The Morgan fingerprint density at radius 1 is 1.17 bits per heavy atom. The van der Waals surface area contributed by atoms with Crippen molar-refractivity contribution in [3.8, 4) is 11.5 Å². The van der Waals surface area contributed by atoms with Crippen molar-refractivity contribution in [1.82, 2.24) is 0 Å². The van der Waals surface area contributed by atoms with Crippen LogP contribution in [0.3, 0.4) is 0 Å². The van der Waals surface area contributed by atoms with Crippen molar-refractivity contribution in [2.45, 2.75) is 6.61 Å². The molecule has 0 bridgehead atoms. The molecule has 0 saturated heterocycles. The van der Waals surface area contributed by atoms with Crippen molar-refractivity contribution >= 4 is 10.8 Å². The third kappa shape index (κ3) is 2.04. The zero-order valence-electron chi connectivity index (χ0n) is 10.5. The fourth-order valence-electron chi connectivity index (χ4n) is 1.87. The van der Waals surface area contributed by atoms with Crippen LogP contribution < -0.4 is 15.1 Å². The largest absolute Gasteiger partial charge is 0.497 e. The number of ether oxygens (including phenoxy) is 3. The molecule has 1 aromatic heterocycles. The molecule has 0 unspecified atom stereocenters. The van der Waals surface area contributed by atoms with Crippen molar-refractivity contribution in [1.29, 1.82) is 0 Å². The topological polar surface area (TPSA) is 57.9 Å². The van der Waals surface area contributed by atoms with Crippen LogP contribution in [0.5, 0.6) is 11.5 Å². The third-order valence-corrected chi connectivity index (χ3v) is 2.68. The van der Waals surface area contributed by atoms with E-state index in [-0.39, 0.29) is 0 Å². The molecule has 18 heavy (non-hydrogen) atoms. The molecule has 0 aliphatic rings. The number of rotatable bonds is 4. The van der Waals surface area contributed by atoms with E-state index in [1.807, 2.05) is 0 Å². The average Bonchev–Trinajstić information content (AvgIpc) is 2.41. The molecule has 0 spiro atoms. The highest BCUT2D eigenvalue weighted by Crippen LogP contribution is 2.32. The average molecular weight is 250 g/mol. The van der Waals surface area contributed by atoms with Crippen LogP contribution in [0, 0.1) is 0 Å². The first-order chi connectivity index (χ1) is 8.71. The zero-order chi connectivity index (χ0) is 13.1. The lowest BCUT2D eigenvalue weighted by Crippen LogP contribution is -2.04. The Morgan fingerprint density at radius 3 is 2.56 bits per heavy atom. The highest BCUT2D eigenvalue weighted by molar-refractivity contribution is 5.91. The van der Waals surface area contributed by atoms with E-state index in [0.717, 1.165) is 5.56 Å². The Balaban J connectivity index is 2.83. The first kappa shape index (κ1) is 12.4. The third-order valence-electron chi connectivity index (χ3n) is 2.68. The first-order valence-electron chi connectivity index (χ1n) is 5.36. The Hall–Kier alpha value is -2.01. The molecule has 5 heteroatoms. The van der Waals surface area contributed by atoms with Gasteiger partial charge in [0.25, 0.3) is 0 Å². The molecule has 1 heterocycles. The monoisotopic (exact) mass is 250 g/mol. The van der Waals surface area contributed by atoms with E-state index in [4.69, 9.17) is 18.6 Å². The van der Waals surface area contributed by atoms with E-state index >= 15 is 0 Å². The van der Waals surface area contributed by atoms with Gasteiger partial charge in [0.1, 0.15) is 17.8 Å².